The zero-order chi connectivity index (χ0) is 16.0. The summed E-state index contributed by atoms with van der Waals surface area (Å²) in [5.41, 5.74) is 1.33. The zero-order valence-corrected chi connectivity index (χ0v) is 11.7. The third kappa shape index (κ3) is 4.40. The number of hydrogen-bond acceptors (Lipinski definition) is 3. The first-order chi connectivity index (χ1) is 9.83. The average Bonchev–Trinajstić information content (AvgIpc) is 2.44. The first-order valence-corrected chi connectivity index (χ1v) is 6.05. The molecule has 116 valence electrons. The van der Waals surface area contributed by atoms with E-state index >= 15 is 0 Å². The molecule has 0 saturated carbocycles. The Labute approximate surface area is 120 Å². The van der Waals surface area contributed by atoms with Gasteiger partial charge in [-0.25, -0.2) is 0 Å². The molecule has 0 saturated heterocycles. The van der Waals surface area contributed by atoms with E-state index in [-0.39, 0.29) is 13.0 Å². The summed E-state index contributed by atoms with van der Waals surface area (Å²) in [6.07, 6.45) is -3.10. The van der Waals surface area contributed by atoms with Crippen molar-refractivity contribution in [2.24, 2.45) is 0 Å². The lowest BCUT2D eigenvalue weighted by Gasteiger charge is -2.13. The molecule has 7 heteroatoms. The normalized spacial score (nSPS) is 10.9. The fourth-order valence-electron chi connectivity index (χ4n) is 1.76. The van der Waals surface area contributed by atoms with Crippen molar-refractivity contribution in [3.05, 3.63) is 29.8 Å². The average molecular weight is 303 g/mol. The lowest BCUT2D eigenvalue weighted by atomic mass is 10.1. The van der Waals surface area contributed by atoms with Crippen molar-refractivity contribution in [3.8, 4) is 11.5 Å². The summed E-state index contributed by atoms with van der Waals surface area (Å²) in [6, 6.07) is 3.33. The molecule has 4 nitrogen and oxygen atoms in total. The first kappa shape index (κ1) is 16.9. The van der Waals surface area contributed by atoms with Crippen LogP contribution >= 0.6 is 0 Å². The topological polar surface area (TPSA) is 47.6 Å². The van der Waals surface area contributed by atoms with Crippen LogP contribution in [0.3, 0.4) is 0 Å². The standard InChI is InChI=1S/C14H16F3NO3/c1-4-10-11(20-2)7-9(8-12(10)21-3)5-6-18-13(19)14(15,16)17/h4,7-8H,1,5-6H2,2-3H3,(H,18,19). The van der Waals surface area contributed by atoms with Crippen LogP contribution in [0.4, 0.5) is 13.2 Å². The minimum atomic E-state index is -4.87. The SMILES string of the molecule is C=Cc1c(OC)cc(CCNC(=O)C(F)(F)F)cc1OC. The minimum Gasteiger partial charge on any atom is -0.496 e. The Bertz CT molecular complexity index is 502. The summed E-state index contributed by atoms with van der Waals surface area (Å²) >= 11 is 0. The molecule has 1 aromatic rings. The number of hydrogen-bond donors (Lipinski definition) is 1. The van der Waals surface area contributed by atoms with E-state index in [1.54, 1.807) is 18.2 Å². The van der Waals surface area contributed by atoms with Crippen molar-refractivity contribution in [2.75, 3.05) is 20.8 Å². The van der Waals surface area contributed by atoms with E-state index in [1.165, 1.54) is 14.2 Å². The van der Waals surface area contributed by atoms with E-state index in [9.17, 15) is 18.0 Å². The highest BCUT2D eigenvalue weighted by atomic mass is 19.4. The van der Waals surface area contributed by atoms with Gasteiger partial charge in [-0.2, -0.15) is 13.2 Å². The summed E-state index contributed by atoms with van der Waals surface area (Å²) in [7, 11) is 2.94. The summed E-state index contributed by atoms with van der Waals surface area (Å²) in [6.45, 7) is 3.51. The molecule has 0 heterocycles. The Balaban J connectivity index is 2.81. The number of amides is 1. The van der Waals surface area contributed by atoms with Gasteiger partial charge in [0.1, 0.15) is 11.5 Å². The molecule has 0 atom stereocenters. The summed E-state index contributed by atoms with van der Waals surface area (Å²) in [5, 5.41) is 1.81. The predicted molar refractivity (Wildman–Crippen MR) is 72.4 cm³/mol. The molecule has 0 aromatic heterocycles. The molecule has 0 unspecified atom stereocenters. The summed E-state index contributed by atoms with van der Waals surface area (Å²) in [4.78, 5) is 10.7. The smallest absolute Gasteiger partial charge is 0.471 e. The molecule has 0 aliphatic carbocycles. The van der Waals surface area contributed by atoms with E-state index in [0.29, 0.717) is 22.6 Å². The van der Waals surface area contributed by atoms with Crippen molar-refractivity contribution in [1.29, 1.82) is 0 Å². The fourth-order valence-corrected chi connectivity index (χ4v) is 1.76. The van der Waals surface area contributed by atoms with Crippen LogP contribution in [0.15, 0.2) is 18.7 Å². The van der Waals surface area contributed by atoms with Gasteiger partial charge in [0.15, 0.2) is 0 Å². The Kier molecular flexibility index (Phi) is 5.63. The molecule has 0 spiro atoms. The third-order valence-corrected chi connectivity index (χ3v) is 2.76. The van der Waals surface area contributed by atoms with Gasteiger partial charge in [0.2, 0.25) is 0 Å². The second kappa shape index (κ2) is 7.01. The Morgan fingerprint density at radius 3 is 2.19 bits per heavy atom. The van der Waals surface area contributed by atoms with Crippen molar-refractivity contribution in [2.45, 2.75) is 12.6 Å². The second-order valence-corrected chi connectivity index (χ2v) is 4.12. The lowest BCUT2D eigenvalue weighted by Crippen LogP contribution is -2.37. The fraction of sp³-hybridized carbons (Fsp3) is 0.357. The predicted octanol–water partition coefficient (Wildman–Crippen LogP) is 2.57. The maximum Gasteiger partial charge on any atom is 0.471 e. The van der Waals surface area contributed by atoms with Crippen LogP contribution in [0.1, 0.15) is 11.1 Å². The van der Waals surface area contributed by atoms with Crippen LogP contribution in [0, 0.1) is 0 Å². The van der Waals surface area contributed by atoms with E-state index in [1.807, 2.05) is 5.32 Å². The van der Waals surface area contributed by atoms with E-state index < -0.39 is 12.1 Å². The van der Waals surface area contributed by atoms with Crippen LogP contribution in [0.25, 0.3) is 6.08 Å². The highest BCUT2D eigenvalue weighted by Crippen LogP contribution is 2.31. The third-order valence-electron chi connectivity index (χ3n) is 2.76. The lowest BCUT2D eigenvalue weighted by molar-refractivity contribution is -0.173. The monoisotopic (exact) mass is 303 g/mol. The van der Waals surface area contributed by atoms with Crippen LogP contribution in [-0.4, -0.2) is 32.8 Å². The number of halogens is 3. The van der Waals surface area contributed by atoms with Gasteiger partial charge in [0, 0.05) is 6.54 Å². The highest BCUT2D eigenvalue weighted by molar-refractivity contribution is 5.81. The van der Waals surface area contributed by atoms with Gasteiger partial charge in [-0.15, -0.1) is 0 Å². The molecule has 0 radical (unpaired) electrons. The van der Waals surface area contributed by atoms with Crippen molar-refractivity contribution >= 4 is 12.0 Å². The largest absolute Gasteiger partial charge is 0.496 e. The molecule has 21 heavy (non-hydrogen) atoms. The van der Waals surface area contributed by atoms with E-state index in [4.69, 9.17) is 9.47 Å². The van der Waals surface area contributed by atoms with Gasteiger partial charge in [-0.1, -0.05) is 12.7 Å². The number of carbonyl (C=O) groups excluding carboxylic acids is 1. The van der Waals surface area contributed by atoms with Crippen LogP contribution in [0.5, 0.6) is 11.5 Å². The number of nitrogens with one attached hydrogen (secondary N) is 1. The molecule has 0 aliphatic heterocycles. The number of methoxy groups -OCH3 is 2. The van der Waals surface area contributed by atoms with Gasteiger partial charge in [0.25, 0.3) is 0 Å². The maximum atomic E-state index is 12.0. The van der Waals surface area contributed by atoms with Crippen LogP contribution in [0.2, 0.25) is 0 Å². The molecule has 1 aromatic carbocycles. The molecule has 1 amide bonds. The van der Waals surface area contributed by atoms with Crippen molar-refractivity contribution in [1.82, 2.24) is 5.32 Å². The molecule has 0 fully saturated rings. The number of rotatable bonds is 6. The molecule has 1 N–H and O–H groups in total. The molecular weight excluding hydrogens is 287 g/mol. The Morgan fingerprint density at radius 2 is 1.81 bits per heavy atom. The van der Waals surface area contributed by atoms with E-state index in [0.717, 1.165) is 0 Å². The Morgan fingerprint density at radius 1 is 1.29 bits per heavy atom. The minimum absolute atomic E-state index is 0.141. The van der Waals surface area contributed by atoms with Crippen LogP contribution < -0.4 is 14.8 Å². The van der Waals surface area contributed by atoms with Gasteiger partial charge in [-0.05, 0) is 24.1 Å². The second-order valence-electron chi connectivity index (χ2n) is 4.12. The van der Waals surface area contributed by atoms with E-state index in [2.05, 4.69) is 6.58 Å². The first-order valence-electron chi connectivity index (χ1n) is 6.05. The number of alkyl halides is 3. The van der Waals surface area contributed by atoms with Crippen molar-refractivity contribution < 1.29 is 27.4 Å². The number of benzene rings is 1. The molecular formula is C14H16F3NO3. The van der Waals surface area contributed by atoms with Gasteiger partial charge in [-0.3, -0.25) is 4.79 Å². The molecule has 0 aliphatic rings. The number of carbonyl (C=O) groups is 1. The molecule has 1 rings (SSSR count). The Hall–Kier alpha value is -2.18. The van der Waals surface area contributed by atoms with Gasteiger partial charge in [0.05, 0.1) is 19.8 Å². The summed E-state index contributed by atoms with van der Waals surface area (Å²) < 4.78 is 46.5. The zero-order valence-electron chi connectivity index (χ0n) is 11.7. The van der Waals surface area contributed by atoms with Gasteiger partial charge >= 0.3 is 12.1 Å². The van der Waals surface area contributed by atoms with Gasteiger partial charge < -0.3 is 14.8 Å². The number of ether oxygens (including phenoxy) is 2. The van der Waals surface area contributed by atoms with Crippen molar-refractivity contribution in [3.63, 3.8) is 0 Å². The maximum absolute atomic E-state index is 12.0. The quantitative estimate of drug-likeness (QED) is 0.878. The molecule has 0 bridgehead atoms. The highest BCUT2D eigenvalue weighted by Gasteiger charge is 2.38. The van der Waals surface area contributed by atoms with Crippen LogP contribution in [-0.2, 0) is 11.2 Å². The summed E-state index contributed by atoms with van der Waals surface area (Å²) in [5.74, 6) is -0.952.